The average molecular weight is 638 g/mol. The fourth-order valence-corrected chi connectivity index (χ4v) is 6.63. The number of rotatable bonds is 23. The van der Waals surface area contributed by atoms with E-state index in [9.17, 15) is 13.0 Å². The van der Waals surface area contributed by atoms with Gasteiger partial charge in [-0.1, -0.05) is 119 Å². The number of nitrogens with zero attached hydrogens (tertiary/aromatic N) is 1. The van der Waals surface area contributed by atoms with E-state index in [1.54, 1.807) is 23.5 Å². The summed E-state index contributed by atoms with van der Waals surface area (Å²) in [5.41, 5.74) is 3.12. The Balaban J connectivity index is 0.000000490. The van der Waals surface area contributed by atoms with Crippen LogP contribution in [0.4, 0.5) is 0 Å². The number of thiazole rings is 1. The Bertz CT molecular complexity index is 1010. The lowest BCUT2D eigenvalue weighted by Gasteiger charge is -2.10. The van der Waals surface area contributed by atoms with E-state index in [1.807, 2.05) is 6.92 Å². The van der Waals surface area contributed by atoms with Gasteiger partial charge in [-0.15, -0.1) is 0 Å². The van der Waals surface area contributed by atoms with E-state index in [4.69, 9.17) is 9.47 Å². The molecule has 1 aliphatic heterocycles. The fraction of sp³-hybridized carbons (Fsp3) is 0.743. The maximum Gasteiger partial charge on any atom is 0.224 e. The molecule has 1 aromatic heterocycles. The minimum Gasteiger partial charge on any atom is -0.744 e. The molecule has 1 aromatic carbocycles. The van der Waals surface area contributed by atoms with E-state index in [0.717, 1.165) is 37.8 Å². The number of benzene rings is 1. The second-order valence-corrected chi connectivity index (χ2v) is 14.4. The maximum atomic E-state index is 10.4. The van der Waals surface area contributed by atoms with Crippen LogP contribution in [-0.4, -0.2) is 38.9 Å². The molecule has 0 radical (unpaired) electrons. The second-order valence-electron chi connectivity index (χ2n) is 12.3. The van der Waals surface area contributed by atoms with Crippen LogP contribution in [0.15, 0.2) is 46.2 Å². The SMILES string of the molecule is CCCCCCCCCCCCCC[C@@H]1CO[C@H](COCCCCCC[n+]2ccsc2)C1.Cc1ccc(S(=O)(=O)[O-])cc1. The average Bonchev–Trinajstić information content (AvgIpc) is 3.67. The molecular weight excluding hydrogens is 579 g/mol. The van der Waals surface area contributed by atoms with Gasteiger partial charge in [0.25, 0.3) is 0 Å². The summed E-state index contributed by atoms with van der Waals surface area (Å²) in [6, 6.07) is 5.78. The van der Waals surface area contributed by atoms with Gasteiger partial charge in [0.05, 0.1) is 23.0 Å². The summed E-state index contributed by atoms with van der Waals surface area (Å²) >= 11 is 1.77. The Morgan fingerprint density at radius 1 is 0.884 bits per heavy atom. The van der Waals surface area contributed by atoms with Crippen molar-refractivity contribution in [1.29, 1.82) is 0 Å². The maximum absolute atomic E-state index is 10.4. The van der Waals surface area contributed by atoms with Crippen molar-refractivity contribution in [3.8, 4) is 0 Å². The first-order valence-electron chi connectivity index (χ1n) is 17.0. The second kappa shape index (κ2) is 24.0. The highest BCUT2D eigenvalue weighted by atomic mass is 32.2. The Morgan fingerprint density at radius 2 is 1.49 bits per heavy atom. The Labute approximate surface area is 267 Å². The first-order chi connectivity index (χ1) is 20.9. The van der Waals surface area contributed by atoms with E-state index in [2.05, 4.69) is 28.6 Å². The number of unbranched alkanes of at least 4 members (excludes halogenated alkanes) is 14. The summed E-state index contributed by atoms with van der Waals surface area (Å²) in [4.78, 5) is -0.178. The van der Waals surface area contributed by atoms with Crippen molar-refractivity contribution in [2.75, 3.05) is 19.8 Å². The number of ether oxygens (including phenoxy) is 2. The zero-order valence-electron chi connectivity index (χ0n) is 27.1. The molecule has 0 spiro atoms. The summed E-state index contributed by atoms with van der Waals surface area (Å²) < 4.78 is 45.3. The molecule has 0 unspecified atom stereocenters. The van der Waals surface area contributed by atoms with E-state index in [-0.39, 0.29) is 4.90 Å². The zero-order valence-corrected chi connectivity index (χ0v) is 28.7. The van der Waals surface area contributed by atoms with Gasteiger partial charge in [0.15, 0.2) is 6.20 Å². The molecule has 3 rings (SSSR count). The Hall–Kier alpha value is -1.32. The molecule has 8 heteroatoms. The Kier molecular flexibility index (Phi) is 21.1. The predicted octanol–water partition coefficient (Wildman–Crippen LogP) is 9.01. The van der Waals surface area contributed by atoms with Gasteiger partial charge < -0.3 is 14.0 Å². The van der Waals surface area contributed by atoms with Crippen molar-refractivity contribution < 1.29 is 27.0 Å². The fourth-order valence-electron chi connectivity index (χ4n) is 5.53. The summed E-state index contributed by atoms with van der Waals surface area (Å²) in [7, 11) is -4.27. The van der Waals surface area contributed by atoms with Crippen LogP contribution >= 0.6 is 11.3 Å². The third-order valence-electron chi connectivity index (χ3n) is 8.23. The van der Waals surface area contributed by atoms with Gasteiger partial charge in [-0.2, -0.15) is 4.57 Å². The highest BCUT2D eigenvalue weighted by Gasteiger charge is 2.25. The highest BCUT2D eigenvalue weighted by molar-refractivity contribution is 7.85. The lowest BCUT2D eigenvalue weighted by atomic mass is 9.97. The molecule has 43 heavy (non-hydrogen) atoms. The molecule has 246 valence electrons. The smallest absolute Gasteiger partial charge is 0.224 e. The largest absolute Gasteiger partial charge is 0.744 e. The van der Waals surface area contributed by atoms with Crippen molar-refractivity contribution in [2.45, 2.75) is 147 Å². The highest BCUT2D eigenvalue weighted by Crippen LogP contribution is 2.25. The lowest BCUT2D eigenvalue weighted by Crippen LogP contribution is -2.29. The summed E-state index contributed by atoms with van der Waals surface area (Å²) in [6.07, 6.45) is 27.3. The molecule has 1 aliphatic rings. The minimum atomic E-state index is -4.27. The molecule has 2 heterocycles. The van der Waals surface area contributed by atoms with Gasteiger partial charge in [-0.05, 0) is 50.7 Å². The van der Waals surface area contributed by atoms with Gasteiger partial charge >= 0.3 is 0 Å². The molecule has 0 saturated carbocycles. The van der Waals surface area contributed by atoms with E-state index >= 15 is 0 Å². The lowest BCUT2D eigenvalue weighted by molar-refractivity contribution is -0.692. The first-order valence-corrected chi connectivity index (χ1v) is 19.4. The first kappa shape index (κ1) is 37.9. The summed E-state index contributed by atoms with van der Waals surface area (Å²) in [6.45, 7) is 7.94. The van der Waals surface area contributed by atoms with Crippen LogP contribution in [0, 0.1) is 12.8 Å². The van der Waals surface area contributed by atoms with Crippen LogP contribution in [0.1, 0.15) is 128 Å². The van der Waals surface area contributed by atoms with Gasteiger partial charge in [-0.25, -0.2) is 8.42 Å². The van der Waals surface area contributed by atoms with Gasteiger partial charge in [0, 0.05) is 19.6 Å². The molecule has 0 amide bonds. The van der Waals surface area contributed by atoms with Gasteiger partial charge in [0.1, 0.15) is 16.7 Å². The van der Waals surface area contributed by atoms with Crippen LogP contribution in [0.5, 0.6) is 0 Å². The molecule has 0 bridgehead atoms. The molecule has 1 fully saturated rings. The van der Waals surface area contributed by atoms with Gasteiger partial charge in [0.2, 0.25) is 5.51 Å². The molecule has 0 aliphatic carbocycles. The van der Waals surface area contributed by atoms with Crippen molar-refractivity contribution in [1.82, 2.24) is 0 Å². The quantitative estimate of drug-likeness (QED) is 0.0690. The monoisotopic (exact) mass is 637 g/mol. The molecule has 2 atom stereocenters. The standard InChI is InChI=1S/C28H52NO2S.C7H8O3S/c1-2-3-4-5-6-7-8-9-10-11-12-15-18-27-23-28(31-24-27)25-30-21-17-14-13-16-19-29-20-22-32-26-29;1-6-2-4-7(5-3-6)11(8,9)10/h20,22,26-28H,2-19,21,23-25H2,1H3;2-5H,1H3,(H,8,9,10)/q+1;/p-1/t27-,28-;/m0./s1. The van der Waals surface area contributed by atoms with Crippen LogP contribution < -0.4 is 4.57 Å². The topological polar surface area (TPSA) is 79.5 Å². The number of hydrogen-bond acceptors (Lipinski definition) is 6. The van der Waals surface area contributed by atoms with E-state index in [1.165, 1.54) is 128 Å². The molecule has 2 aromatic rings. The van der Waals surface area contributed by atoms with Crippen molar-refractivity contribution in [3.63, 3.8) is 0 Å². The third kappa shape index (κ3) is 19.6. The zero-order chi connectivity index (χ0) is 31.0. The normalized spacial score (nSPS) is 16.7. The third-order valence-corrected chi connectivity index (χ3v) is 9.75. The van der Waals surface area contributed by atoms with E-state index < -0.39 is 10.1 Å². The minimum absolute atomic E-state index is 0.178. The van der Waals surface area contributed by atoms with Crippen LogP contribution in [-0.2, 0) is 26.1 Å². The summed E-state index contributed by atoms with van der Waals surface area (Å²) in [5, 5.41) is 2.14. The van der Waals surface area contributed by atoms with Crippen LogP contribution in [0.25, 0.3) is 0 Å². The summed E-state index contributed by atoms with van der Waals surface area (Å²) in [5.74, 6) is 0.779. The van der Waals surface area contributed by atoms with Crippen molar-refractivity contribution >= 4 is 21.5 Å². The van der Waals surface area contributed by atoms with Crippen molar-refractivity contribution in [2.24, 2.45) is 5.92 Å². The molecular formula is C35H59NO5S2. The number of aromatic nitrogens is 1. The molecule has 6 nitrogen and oxygen atoms in total. The Morgan fingerprint density at radius 3 is 2.09 bits per heavy atom. The number of hydrogen-bond donors (Lipinski definition) is 0. The van der Waals surface area contributed by atoms with Crippen LogP contribution in [0.3, 0.4) is 0 Å². The van der Waals surface area contributed by atoms with Crippen molar-refractivity contribution in [3.05, 3.63) is 46.9 Å². The molecule has 0 N–H and O–H groups in total. The van der Waals surface area contributed by atoms with Crippen LogP contribution in [0.2, 0.25) is 0 Å². The molecule has 1 saturated heterocycles. The predicted molar refractivity (Wildman–Crippen MR) is 176 cm³/mol. The van der Waals surface area contributed by atoms with E-state index in [0.29, 0.717) is 6.10 Å². The number of aryl methyl sites for hydroxylation is 2. The van der Waals surface area contributed by atoms with Gasteiger partial charge in [-0.3, -0.25) is 0 Å².